The molecule has 0 radical (unpaired) electrons. The zero-order chi connectivity index (χ0) is 14.7. The number of hydrogen-bond donors (Lipinski definition) is 2. The number of aliphatic hydroxyl groups excluding tert-OH is 1. The Morgan fingerprint density at radius 3 is 2.65 bits per heavy atom. The molecule has 1 aliphatic rings. The van der Waals surface area contributed by atoms with Gasteiger partial charge in [-0.05, 0) is 43.4 Å². The van der Waals surface area contributed by atoms with Crippen LogP contribution in [0.3, 0.4) is 0 Å². The normalized spacial score (nSPS) is 17.6. The maximum Gasteiger partial charge on any atom is 0.307 e. The van der Waals surface area contributed by atoms with Crippen LogP contribution < -0.4 is 5.32 Å². The first-order chi connectivity index (χ1) is 9.51. The Bertz CT molecular complexity index is 483. The first-order valence-corrected chi connectivity index (χ1v) is 7.09. The molecule has 0 spiro atoms. The van der Waals surface area contributed by atoms with E-state index in [9.17, 15) is 9.90 Å². The Hall–Kier alpha value is -1.39. The molecule has 1 aromatic rings. The molecule has 2 N–H and O–H groups in total. The van der Waals surface area contributed by atoms with Crippen LogP contribution in [0, 0.1) is 13.8 Å². The van der Waals surface area contributed by atoms with E-state index in [2.05, 4.69) is 5.32 Å². The van der Waals surface area contributed by atoms with Crippen molar-refractivity contribution < 1.29 is 14.6 Å². The van der Waals surface area contributed by atoms with Gasteiger partial charge in [-0.25, -0.2) is 0 Å². The van der Waals surface area contributed by atoms with E-state index in [1.54, 1.807) is 0 Å². The minimum Gasteiger partial charge on any atom is -0.469 e. The van der Waals surface area contributed by atoms with Crippen LogP contribution in [-0.2, 0) is 9.53 Å². The molecular weight excluding hydrogens is 254 g/mol. The summed E-state index contributed by atoms with van der Waals surface area (Å²) >= 11 is 0. The van der Waals surface area contributed by atoms with Crippen molar-refractivity contribution in [2.45, 2.75) is 51.3 Å². The lowest BCUT2D eigenvalue weighted by Gasteiger charge is -2.24. The van der Waals surface area contributed by atoms with Gasteiger partial charge in [-0.2, -0.15) is 0 Å². The molecule has 4 nitrogen and oxygen atoms in total. The third-order valence-electron chi connectivity index (χ3n) is 3.89. The number of benzene rings is 1. The zero-order valence-electron chi connectivity index (χ0n) is 12.3. The van der Waals surface area contributed by atoms with Crippen molar-refractivity contribution in [3.63, 3.8) is 0 Å². The molecule has 1 aromatic carbocycles. The molecule has 2 unspecified atom stereocenters. The highest BCUT2D eigenvalue weighted by Gasteiger charge is 2.31. The number of ether oxygens (including phenoxy) is 1. The fraction of sp³-hybridized carbons (Fsp3) is 0.562. The van der Waals surface area contributed by atoms with Crippen LogP contribution in [0.2, 0.25) is 0 Å². The van der Waals surface area contributed by atoms with Gasteiger partial charge in [-0.1, -0.05) is 18.2 Å². The zero-order valence-corrected chi connectivity index (χ0v) is 12.3. The van der Waals surface area contributed by atoms with Crippen LogP contribution in [0.1, 0.15) is 42.1 Å². The number of carbonyl (C=O) groups is 1. The van der Waals surface area contributed by atoms with Gasteiger partial charge in [0.1, 0.15) is 0 Å². The second-order valence-electron chi connectivity index (χ2n) is 5.62. The molecule has 1 saturated carbocycles. The van der Waals surface area contributed by atoms with E-state index in [4.69, 9.17) is 4.74 Å². The summed E-state index contributed by atoms with van der Waals surface area (Å²) in [6, 6.07) is 6.04. The van der Waals surface area contributed by atoms with Crippen molar-refractivity contribution in [3.8, 4) is 0 Å². The number of nitrogens with one attached hydrogen (secondary N) is 1. The van der Waals surface area contributed by atoms with Crippen LogP contribution in [0.4, 0.5) is 0 Å². The molecular formula is C16H23NO3. The third kappa shape index (κ3) is 3.81. The van der Waals surface area contributed by atoms with Crippen molar-refractivity contribution in [2.24, 2.45) is 0 Å². The topological polar surface area (TPSA) is 58.6 Å². The number of rotatable bonds is 6. The van der Waals surface area contributed by atoms with E-state index in [0.29, 0.717) is 6.04 Å². The van der Waals surface area contributed by atoms with Crippen LogP contribution in [-0.4, -0.2) is 30.3 Å². The molecule has 0 saturated heterocycles. The standard InChI is InChI=1S/C16H23NO3/c1-10-4-5-12(8-11(10)2)16(19)14(9-15(18)20-3)17-13-6-7-13/h4-5,8,13-14,16-17,19H,6-7,9H2,1-3H3. The molecule has 20 heavy (non-hydrogen) atoms. The summed E-state index contributed by atoms with van der Waals surface area (Å²) in [6.45, 7) is 4.06. The Balaban J connectivity index is 2.12. The van der Waals surface area contributed by atoms with Crippen molar-refractivity contribution in [2.75, 3.05) is 7.11 Å². The van der Waals surface area contributed by atoms with Gasteiger partial charge in [0, 0.05) is 12.1 Å². The van der Waals surface area contributed by atoms with Crippen LogP contribution >= 0.6 is 0 Å². The Labute approximate surface area is 120 Å². The van der Waals surface area contributed by atoms with Gasteiger partial charge in [-0.15, -0.1) is 0 Å². The van der Waals surface area contributed by atoms with E-state index in [0.717, 1.165) is 24.0 Å². The molecule has 0 amide bonds. The minimum absolute atomic E-state index is 0.182. The lowest BCUT2D eigenvalue weighted by molar-refractivity contribution is -0.142. The first-order valence-electron chi connectivity index (χ1n) is 7.09. The molecule has 0 aliphatic heterocycles. The summed E-state index contributed by atoms with van der Waals surface area (Å²) in [5.74, 6) is -0.300. The van der Waals surface area contributed by atoms with Crippen molar-refractivity contribution in [1.82, 2.24) is 5.32 Å². The summed E-state index contributed by atoms with van der Waals surface area (Å²) in [6.07, 6.45) is 1.70. The van der Waals surface area contributed by atoms with Crippen molar-refractivity contribution >= 4 is 5.97 Å². The van der Waals surface area contributed by atoms with E-state index >= 15 is 0 Å². The first kappa shape index (κ1) is 15.0. The highest BCUT2D eigenvalue weighted by molar-refractivity contribution is 5.70. The number of carbonyl (C=O) groups excluding carboxylic acids is 1. The predicted molar refractivity (Wildman–Crippen MR) is 77.5 cm³/mol. The largest absolute Gasteiger partial charge is 0.469 e. The van der Waals surface area contributed by atoms with Crippen LogP contribution in [0.5, 0.6) is 0 Å². The predicted octanol–water partition coefficient (Wildman–Crippen LogP) is 2.02. The van der Waals surface area contributed by atoms with E-state index in [1.807, 2.05) is 32.0 Å². The molecule has 2 atom stereocenters. The van der Waals surface area contributed by atoms with Gasteiger partial charge in [-0.3, -0.25) is 4.79 Å². The summed E-state index contributed by atoms with van der Waals surface area (Å²) in [5, 5.41) is 13.9. The number of methoxy groups -OCH3 is 1. The fourth-order valence-electron chi connectivity index (χ4n) is 2.26. The third-order valence-corrected chi connectivity index (χ3v) is 3.89. The van der Waals surface area contributed by atoms with Crippen molar-refractivity contribution in [3.05, 3.63) is 34.9 Å². The maximum absolute atomic E-state index is 11.5. The fourth-order valence-corrected chi connectivity index (χ4v) is 2.26. The van der Waals surface area contributed by atoms with Crippen LogP contribution in [0.25, 0.3) is 0 Å². The second-order valence-corrected chi connectivity index (χ2v) is 5.62. The average molecular weight is 277 g/mol. The molecule has 4 heteroatoms. The number of aryl methyl sites for hydroxylation is 2. The summed E-state index contributed by atoms with van der Waals surface area (Å²) < 4.78 is 4.72. The lowest BCUT2D eigenvalue weighted by atomic mass is 9.96. The quantitative estimate of drug-likeness (QED) is 0.781. The van der Waals surface area contributed by atoms with Gasteiger partial charge in [0.2, 0.25) is 0 Å². The van der Waals surface area contributed by atoms with Gasteiger partial charge in [0.25, 0.3) is 0 Å². The van der Waals surface area contributed by atoms with E-state index < -0.39 is 6.10 Å². The molecule has 110 valence electrons. The monoisotopic (exact) mass is 277 g/mol. The van der Waals surface area contributed by atoms with Gasteiger partial charge in [0.05, 0.1) is 19.6 Å². The number of hydrogen-bond acceptors (Lipinski definition) is 4. The Morgan fingerprint density at radius 2 is 2.10 bits per heavy atom. The van der Waals surface area contributed by atoms with Gasteiger partial charge >= 0.3 is 5.97 Å². The molecule has 2 rings (SSSR count). The summed E-state index contributed by atoms with van der Waals surface area (Å²) in [4.78, 5) is 11.5. The van der Waals surface area contributed by atoms with Crippen molar-refractivity contribution in [1.29, 1.82) is 0 Å². The Morgan fingerprint density at radius 1 is 1.40 bits per heavy atom. The highest BCUT2D eigenvalue weighted by atomic mass is 16.5. The molecule has 1 aliphatic carbocycles. The van der Waals surface area contributed by atoms with E-state index in [-0.39, 0.29) is 18.4 Å². The van der Waals surface area contributed by atoms with Gasteiger partial charge < -0.3 is 15.2 Å². The van der Waals surface area contributed by atoms with E-state index in [1.165, 1.54) is 12.7 Å². The van der Waals surface area contributed by atoms with Gasteiger partial charge in [0.15, 0.2) is 0 Å². The molecule has 1 fully saturated rings. The molecule has 0 aromatic heterocycles. The maximum atomic E-state index is 11.5. The SMILES string of the molecule is COC(=O)CC(NC1CC1)C(O)c1ccc(C)c(C)c1. The van der Waals surface area contributed by atoms with Crippen LogP contribution in [0.15, 0.2) is 18.2 Å². The second kappa shape index (κ2) is 6.37. The molecule has 0 heterocycles. The minimum atomic E-state index is -0.700. The lowest BCUT2D eigenvalue weighted by Crippen LogP contribution is -2.38. The smallest absolute Gasteiger partial charge is 0.307 e. The summed E-state index contributed by atoms with van der Waals surface area (Å²) in [7, 11) is 1.37. The number of aliphatic hydroxyl groups is 1. The summed E-state index contributed by atoms with van der Waals surface area (Å²) in [5.41, 5.74) is 3.18. The molecule has 0 bridgehead atoms. The Kier molecular flexibility index (Phi) is 4.78. The number of esters is 1. The highest BCUT2D eigenvalue weighted by Crippen LogP contribution is 2.26. The average Bonchev–Trinajstić information content (AvgIpc) is 3.24.